The lowest BCUT2D eigenvalue weighted by atomic mass is 9.92. The quantitative estimate of drug-likeness (QED) is 0.143. The Balaban J connectivity index is 1.96. The Morgan fingerprint density at radius 1 is 1.11 bits per heavy atom. The van der Waals surface area contributed by atoms with Gasteiger partial charge in [-0.25, -0.2) is 0 Å². The molecule has 9 atom stereocenters. The number of alkyl halides is 1. The van der Waals surface area contributed by atoms with E-state index in [1.807, 2.05) is 7.05 Å². The molecule has 10 heteroatoms. The lowest BCUT2D eigenvalue weighted by Crippen LogP contribution is -2.65. The number of rotatable bonds is 16. The Kier molecular flexibility index (Phi) is 15.3. The average molecular weight is 579 g/mol. The zero-order chi connectivity index (χ0) is 28.2. The summed E-state index contributed by atoms with van der Waals surface area (Å²) < 4.78 is 11.7. The second-order valence-corrected chi connectivity index (χ2v) is 12.7. The standard InChI is InChI=1S/C28H51ClN2O6S/c1-6-8-9-10-11-12-13-15-21(32)36-26-24(34)23(33)25(37-28(26)38-5)22(18(3)29)30-27(35)20-16-19(14-7-2)17-31(20)4/h18-20,22-26,28,33-34H,6-17H2,1-5H3,(H,30,35)/t18-,19+,20-,22+,23+,24-,25+,26+,28+/m0/s1. The number of halogens is 1. The molecule has 0 aromatic carbocycles. The summed E-state index contributed by atoms with van der Waals surface area (Å²) in [7, 11) is 1.95. The number of hydrogen-bond donors (Lipinski definition) is 3. The van der Waals surface area contributed by atoms with Gasteiger partial charge in [0.15, 0.2) is 6.10 Å². The van der Waals surface area contributed by atoms with Crippen molar-refractivity contribution in [2.45, 2.75) is 139 Å². The topological polar surface area (TPSA) is 108 Å². The first-order valence-corrected chi connectivity index (χ1v) is 16.2. The number of thioether (sulfide) groups is 1. The zero-order valence-corrected chi connectivity index (χ0v) is 25.5. The summed E-state index contributed by atoms with van der Waals surface area (Å²) in [6.45, 7) is 6.93. The molecule has 3 N–H and O–H groups in total. The second kappa shape index (κ2) is 17.3. The third-order valence-electron chi connectivity index (χ3n) is 7.86. The van der Waals surface area contributed by atoms with Gasteiger partial charge in [0.2, 0.25) is 5.91 Å². The van der Waals surface area contributed by atoms with Gasteiger partial charge in [0.05, 0.1) is 17.5 Å². The number of amides is 1. The van der Waals surface area contributed by atoms with Crippen molar-refractivity contribution in [2.24, 2.45) is 5.92 Å². The van der Waals surface area contributed by atoms with Crippen LogP contribution < -0.4 is 5.32 Å². The van der Waals surface area contributed by atoms with Crippen LogP contribution in [0, 0.1) is 5.92 Å². The first-order valence-electron chi connectivity index (χ1n) is 14.5. The molecule has 0 unspecified atom stereocenters. The molecule has 0 aliphatic carbocycles. The minimum Gasteiger partial charge on any atom is -0.456 e. The first kappa shape index (κ1) is 33.6. The largest absolute Gasteiger partial charge is 0.456 e. The second-order valence-electron chi connectivity index (χ2n) is 11.1. The summed E-state index contributed by atoms with van der Waals surface area (Å²) in [6.07, 6.45) is 7.93. The highest BCUT2D eigenvalue weighted by Gasteiger charge is 2.50. The number of nitrogens with one attached hydrogen (secondary N) is 1. The Hall–Kier alpha value is -0.580. The maximum atomic E-state index is 13.2. The van der Waals surface area contributed by atoms with Crippen LogP contribution in [0.2, 0.25) is 0 Å². The number of esters is 1. The van der Waals surface area contributed by atoms with Gasteiger partial charge in [-0.2, -0.15) is 0 Å². The van der Waals surface area contributed by atoms with Crippen molar-refractivity contribution in [3.05, 3.63) is 0 Å². The Morgan fingerprint density at radius 2 is 1.76 bits per heavy atom. The zero-order valence-electron chi connectivity index (χ0n) is 23.9. The third-order valence-corrected chi connectivity index (χ3v) is 8.97. The summed E-state index contributed by atoms with van der Waals surface area (Å²) in [5.74, 6) is -0.0847. The van der Waals surface area contributed by atoms with Crippen molar-refractivity contribution < 1.29 is 29.3 Å². The lowest BCUT2D eigenvalue weighted by Gasteiger charge is -2.45. The SMILES string of the molecule is CCCCCCCCCC(=O)O[C@@H]1[C@@H](O)[C@@H](O)[C@@H]([C@H](NC(=O)[C@@H]2C[C@@H](CCC)CN2C)[C@H](C)Cl)O[C@@H]1SC. The normalized spacial score (nSPS) is 31.6. The highest BCUT2D eigenvalue weighted by atomic mass is 35.5. The van der Waals surface area contributed by atoms with Crippen molar-refractivity contribution >= 4 is 35.2 Å². The van der Waals surface area contributed by atoms with E-state index >= 15 is 0 Å². The van der Waals surface area contributed by atoms with Gasteiger partial charge >= 0.3 is 5.97 Å². The van der Waals surface area contributed by atoms with Crippen molar-refractivity contribution in [1.82, 2.24) is 10.2 Å². The molecule has 2 saturated heterocycles. The Bertz CT molecular complexity index is 715. The minimum absolute atomic E-state index is 0.155. The smallest absolute Gasteiger partial charge is 0.306 e. The van der Waals surface area contributed by atoms with E-state index in [2.05, 4.69) is 24.1 Å². The molecule has 0 spiro atoms. The number of aliphatic hydroxyl groups excluding tert-OH is 2. The molecule has 222 valence electrons. The molecule has 2 aliphatic rings. The van der Waals surface area contributed by atoms with Crippen LogP contribution in [0.4, 0.5) is 0 Å². The number of unbranched alkanes of at least 4 members (excludes halogenated alkanes) is 6. The monoisotopic (exact) mass is 578 g/mol. The highest BCUT2D eigenvalue weighted by Crippen LogP contribution is 2.33. The van der Waals surface area contributed by atoms with E-state index in [-0.39, 0.29) is 18.4 Å². The molecular weight excluding hydrogens is 528 g/mol. The van der Waals surface area contributed by atoms with Crippen LogP contribution in [0.25, 0.3) is 0 Å². The van der Waals surface area contributed by atoms with Crippen molar-refractivity contribution in [2.75, 3.05) is 19.8 Å². The van der Waals surface area contributed by atoms with Crippen LogP contribution in [0.5, 0.6) is 0 Å². The maximum absolute atomic E-state index is 13.2. The summed E-state index contributed by atoms with van der Waals surface area (Å²) in [5, 5.41) is 24.4. The van der Waals surface area contributed by atoms with Gasteiger partial charge in [0.25, 0.3) is 0 Å². The van der Waals surface area contributed by atoms with Crippen LogP contribution in [0.1, 0.15) is 91.4 Å². The number of carbonyl (C=O) groups excluding carboxylic acids is 2. The summed E-state index contributed by atoms with van der Waals surface area (Å²) in [5.41, 5.74) is -0.700. The van der Waals surface area contributed by atoms with Crippen LogP contribution in [0.3, 0.4) is 0 Å². The maximum Gasteiger partial charge on any atom is 0.306 e. The van der Waals surface area contributed by atoms with E-state index in [0.29, 0.717) is 5.92 Å². The van der Waals surface area contributed by atoms with E-state index in [0.717, 1.165) is 45.1 Å². The Morgan fingerprint density at radius 3 is 2.37 bits per heavy atom. The van der Waals surface area contributed by atoms with Gasteiger partial charge in [-0.1, -0.05) is 58.8 Å². The van der Waals surface area contributed by atoms with Gasteiger partial charge in [-0.3, -0.25) is 14.5 Å². The van der Waals surface area contributed by atoms with Crippen LogP contribution >= 0.6 is 23.4 Å². The number of likely N-dealkylation sites (tertiary alicyclic amines) is 1. The molecule has 38 heavy (non-hydrogen) atoms. The number of hydrogen-bond acceptors (Lipinski definition) is 8. The first-order chi connectivity index (χ1) is 18.1. The van der Waals surface area contributed by atoms with Crippen LogP contribution in [-0.2, 0) is 19.1 Å². The average Bonchev–Trinajstić information content (AvgIpc) is 3.25. The highest BCUT2D eigenvalue weighted by molar-refractivity contribution is 7.99. The van der Waals surface area contributed by atoms with Crippen LogP contribution in [-0.4, -0.2) is 94.2 Å². The van der Waals surface area contributed by atoms with Crippen LogP contribution in [0.15, 0.2) is 0 Å². The number of ether oxygens (including phenoxy) is 2. The Labute approximate surface area is 238 Å². The molecule has 0 saturated carbocycles. The van der Waals surface area contributed by atoms with Gasteiger partial charge in [-0.05, 0) is 45.4 Å². The molecule has 0 aromatic heterocycles. The summed E-state index contributed by atoms with van der Waals surface area (Å²) in [4.78, 5) is 27.8. The fraction of sp³-hybridized carbons (Fsp3) is 0.929. The van der Waals surface area contributed by atoms with Gasteiger partial charge < -0.3 is 25.0 Å². The molecular formula is C28H51ClN2O6S. The molecule has 2 fully saturated rings. The van der Waals surface area contributed by atoms with E-state index in [1.165, 1.54) is 37.4 Å². The number of nitrogens with zero attached hydrogens (tertiary/aromatic N) is 1. The molecule has 0 aromatic rings. The molecule has 2 rings (SSSR count). The van der Waals surface area contributed by atoms with Crippen molar-refractivity contribution in [3.63, 3.8) is 0 Å². The molecule has 0 bridgehead atoms. The molecule has 2 heterocycles. The third kappa shape index (κ3) is 9.81. The predicted octanol–water partition coefficient (Wildman–Crippen LogP) is 4.08. The lowest BCUT2D eigenvalue weighted by molar-refractivity contribution is -0.218. The van der Waals surface area contributed by atoms with E-state index in [4.69, 9.17) is 21.1 Å². The van der Waals surface area contributed by atoms with Crippen molar-refractivity contribution in [3.8, 4) is 0 Å². The van der Waals surface area contributed by atoms with E-state index in [9.17, 15) is 19.8 Å². The number of carbonyl (C=O) groups is 2. The molecule has 1 amide bonds. The molecule has 0 radical (unpaired) electrons. The number of likely N-dealkylation sites (N-methyl/N-ethyl adjacent to an activating group) is 1. The fourth-order valence-corrected chi connectivity index (χ4v) is 6.59. The molecule has 2 aliphatic heterocycles. The minimum atomic E-state index is -1.38. The van der Waals surface area contributed by atoms with Gasteiger partial charge in [-0.15, -0.1) is 23.4 Å². The predicted molar refractivity (Wildman–Crippen MR) is 153 cm³/mol. The van der Waals surface area contributed by atoms with Crippen molar-refractivity contribution in [1.29, 1.82) is 0 Å². The number of aliphatic hydroxyl groups is 2. The summed E-state index contributed by atoms with van der Waals surface area (Å²) in [6, 6.07) is -1.00. The fourth-order valence-electron chi connectivity index (χ4n) is 5.66. The van der Waals surface area contributed by atoms with E-state index in [1.54, 1.807) is 13.2 Å². The molecule has 8 nitrogen and oxygen atoms in total. The summed E-state index contributed by atoms with van der Waals surface area (Å²) >= 11 is 7.77. The van der Waals surface area contributed by atoms with Gasteiger partial charge in [0.1, 0.15) is 23.7 Å². The van der Waals surface area contributed by atoms with E-state index < -0.39 is 47.2 Å². The van der Waals surface area contributed by atoms with Gasteiger partial charge in [0, 0.05) is 13.0 Å².